The maximum Gasteiger partial charge on any atom is 0.416 e. The van der Waals surface area contributed by atoms with Gasteiger partial charge in [0.2, 0.25) is 5.83 Å². The number of ether oxygens (including phenoxy) is 1. The molecule has 1 atom stereocenters. The van der Waals surface area contributed by atoms with Gasteiger partial charge >= 0.3 is 12.1 Å². The van der Waals surface area contributed by atoms with Crippen LogP contribution >= 0.6 is 0 Å². The molecule has 7 nitrogen and oxygen atoms in total. The van der Waals surface area contributed by atoms with E-state index in [4.69, 9.17) is 9.84 Å². The van der Waals surface area contributed by atoms with Crippen LogP contribution in [0.2, 0.25) is 0 Å². The average molecular weight is 448 g/mol. The highest BCUT2D eigenvalue weighted by molar-refractivity contribution is 5.90. The molecule has 1 saturated heterocycles. The number of carbonyl (C=O) groups is 2. The van der Waals surface area contributed by atoms with Gasteiger partial charge in [0.05, 0.1) is 6.04 Å². The number of nitrogens with zero attached hydrogens (tertiary/aromatic N) is 3. The predicted octanol–water partition coefficient (Wildman–Crippen LogP) is 4.87. The fourth-order valence-electron chi connectivity index (χ4n) is 4.50. The average Bonchev–Trinajstić information content (AvgIpc) is 3.16. The number of amides is 1. The fourth-order valence-corrected chi connectivity index (χ4v) is 4.50. The standard InChI is InChI=1S/C24H34FN3O4/c1-24(2,3)32-23(31)28(21-10-9-18(14-26-21)13-20(25)22(29)30)19-11-12-27(16-19)15-17-7-5-4-6-8-17/h9-10,13-14,17,19H,4-8,11-12,15-16H2,1-3H3,(H,29,30)/b20-13+/t19-/m1/s1. The van der Waals surface area contributed by atoms with Crippen LogP contribution in [-0.2, 0) is 9.53 Å². The number of anilines is 1. The second-order valence-corrected chi connectivity index (χ2v) is 9.80. The lowest BCUT2D eigenvalue weighted by molar-refractivity contribution is -0.134. The predicted molar refractivity (Wildman–Crippen MR) is 121 cm³/mol. The zero-order chi connectivity index (χ0) is 23.3. The van der Waals surface area contributed by atoms with Crippen molar-refractivity contribution < 1.29 is 23.8 Å². The molecule has 0 spiro atoms. The molecular formula is C24H34FN3O4. The van der Waals surface area contributed by atoms with Crippen molar-refractivity contribution in [3.63, 3.8) is 0 Å². The number of hydrogen-bond donors (Lipinski definition) is 1. The summed E-state index contributed by atoms with van der Waals surface area (Å²) in [5, 5.41) is 8.72. The molecule has 1 aromatic rings. The first-order chi connectivity index (χ1) is 15.1. The number of likely N-dealkylation sites (tertiary alicyclic amines) is 1. The third-order valence-corrected chi connectivity index (χ3v) is 5.96. The zero-order valence-electron chi connectivity index (χ0n) is 19.2. The van der Waals surface area contributed by atoms with E-state index in [1.54, 1.807) is 17.0 Å². The Labute approximate surface area is 189 Å². The van der Waals surface area contributed by atoms with Crippen LogP contribution < -0.4 is 4.90 Å². The first kappa shape index (κ1) is 24.2. The molecule has 0 aromatic carbocycles. The van der Waals surface area contributed by atoms with E-state index < -0.39 is 23.5 Å². The molecule has 1 aliphatic carbocycles. The van der Waals surface area contributed by atoms with Crippen molar-refractivity contribution >= 4 is 24.0 Å². The van der Waals surface area contributed by atoms with Crippen LogP contribution in [0.5, 0.6) is 0 Å². The molecule has 2 heterocycles. The van der Waals surface area contributed by atoms with E-state index in [2.05, 4.69) is 9.88 Å². The van der Waals surface area contributed by atoms with Crippen LogP contribution in [-0.4, -0.2) is 58.3 Å². The van der Waals surface area contributed by atoms with E-state index in [1.807, 2.05) is 20.8 Å². The molecule has 8 heteroatoms. The Bertz CT molecular complexity index is 829. The van der Waals surface area contributed by atoms with Crippen molar-refractivity contribution in [1.29, 1.82) is 0 Å². The maximum absolute atomic E-state index is 13.4. The maximum atomic E-state index is 13.4. The Balaban J connectivity index is 1.76. The molecule has 1 aliphatic heterocycles. The molecule has 1 saturated carbocycles. The van der Waals surface area contributed by atoms with Gasteiger partial charge in [0, 0.05) is 25.8 Å². The number of aromatic nitrogens is 1. The Morgan fingerprint density at radius 3 is 2.56 bits per heavy atom. The zero-order valence-corrected chi connectivity index (χ0v) is 19.2. The number of pyridine rings is 1. The first-order valence-electron chi connectivity index (χ1n) is 11.4. The summed E-state index contributed by atoms with van der Waals surface area (Å²) >= 11 is 0. The van der Waals surface area contributed by atoms with Crippen LogP contribution in [0.3, 0.4) is 0 Å². The van der Waals surface area contributed by atoms with Gasteiger partial charge in [0.15, 0.2) is 0 Å². The second kappa shape index (κ2) is 10.4. The topological polar surface area (TPSA) is 83.0 Å². The monoisotopic (exact) mass is 447 g/mol. The number of rotatable bonds is 6. The third-order valence-electron chi connectivity index (χ3n) is 5.96. The van der Waals surface area contributed by atoms with Crippen molar-refractivity contribution in [2.75, 3.05) is 24.5 Å². The number of carboxylic acid groups (broad SMARTS) is 1. The molecule has 1 amide bonds. The van der Waals surface area contributed by atoms with Gasteiger partial charge in [0.1, 0.15) is 11.4 Å². The van der Waals surface area contributed by atoms with Crippen LogP contribution in [0.15, 0.2) is 24.2 Å². The molecule has 0 bridgehead atoms. The molecular weight excluding hydrogens is 413 g/mol. The third kappa shape index (κ3) is 6.76. The highest BCUT2D eigenvalue weighted by Gasteiger charge is 2.35. The summed E-state index contributed by atoms with van der Waals surface area (Å²) in [6, 6.07) is 3.09. The van der Waals surface area contributed by atoms with Crippen LogP contribution in [0, 0.1) is 5.92 Å². The number of aliphatic carboxylic acids is 1. The minimum absolute atomic E-state index is 0.0712. The summed E-state index contributed by atoms with van der Waals surface area (Å²) in [5.74, 6) is -1.76. The number of halogens is 1. The van der Waals surface area contributed by atoms with Crippen molar-refractivity contribution in [2.45, 2.75) is 70.9 Å². The molecule has 0 unspecified atom stereocenters. The van der Waals surface area contributed by atoms with Crippen LogP contribution in [0.1, 0.15) is 64.9 Å². The largest absolute Gasteiger partial charge is 0.476 e. The van der Waals surface area contributed by atoms with Gasteiger partial charge in [-0.15, -0.1) is 0 Å². The van der Waals surface area contributed by atoms with Crippen LogP contribution in [0.25, 0.3) is 6.08 Å². The van der Waals surface area contributed by atoms with Gasteiger partial charge in [-0.05, 0) is 69.7 Å². The summed E-state index contributed by atoms with van der Waals surface area (Å²) in [4.78, 5) is 32.1. The van der Waals surface area contributed by atoms with Crippen molar-refractivity contribution in [3.8, 4) is 0 Å². The van der Waals surface area contributed by atoms with Gasteiger partial charge in [0.25, 0.3) is 0 Å². The molecule has 3 rings (SSSR count). The van der Waals surface area contributed by atoms with Gasteiger partial charge < -0.3 is 14.7 Å². The highest BCUT2D eigenvalue weighted by atomic mass is 19.1. The highest BCUT2D eigenvalue weighted by Crippen LogP contribution is 2.29. The first-order valence-corrected chi connectivity index (χ1v) is 11.4. The van der Waals surface area contributed by atoms with E-state index >= 15 is 0 Å². The second-order valence-electron chi connectivity index (χ2n) is 9.80. The summed E-state index contributed by atoms with van der Waals surface area (Å²) in [6.45, 7) is 8.21. The molecule has 176 valence electrons. The molecule has 32 heavy (non-hydrogen) atoms. The quantitative estimate of drug-likeness (QED) is 0.626. The van der Waals surface area contributed by atoms with E-state index in [-0.39, 0.29) is 6.04 Å². The minimum Gasteiger partial charge on any atom is -0.476 e. The molecule has 1 aromatic heterocycles. The molecule has 0 radical (unpaired) electrons. The van der Waals surface area contributed by atoms with Gasteiger partial charge in [-0.1, -0.05) is 19.3 Å². The normalized spacial score (nSPS) is 20.9. The Hall–Kier alpha value is -2.48. The van der Waals surface area contributed by atoms with E-state index in [9.17, 15) is 14.0 Å². The summed E-state index contributed by atoms with van der Waals surface area (Å²) in [6.07, 6.45) is 9.12. The van der Waals surface area contributed by atoms with Crippen LogP contribution in [0.4, 0.5) is 15.0 Å². The Morgan fingerprint density at radius 2 is 1.97 bits per heavy atom. The van der Waals surface area contributed by atoms with E-state index in [0.29, 0.717) is 11.4 Å². The van der Waals surface area contributed by atoms with Gasteiger partial charge in [-0.25, -0.2) is 14.6 Å². The van der Waals surface area contributed by atoms with E-state index in [1.165, 1.54) is 38.3 Å². The lowest BCUT2D eigenvalue weighted by Crippen LogP contribution is -2.45. The number of carbonyl (C=O) groups excluding carboxylic acids is 1. The summed E-state index contributed by atoms with van der Waals surface area (Å²) < 4.78 is 19.1. The summed E-state index contributed by atoms with van der Waals surface area (Å²) in [5.41, 5.74) is -0.341. The molecule has 2 aliphatic rings. The Morgan fingerprint density at radius 1 is 1.25 bits per heavy atom. The SMILES string of the molecule is CC(C)(C)OC(=O)N(c1ccc(/C=C(/F)C(=O)O)cn1)[C@@H]1CCN(CC2CCCCC2)C1. The summed E-state index contributed by atoms with van der Waals surface area (Å²) in [7, 11) is 0. The molecule has 1 N–H and O–H groups in total. The lowest BCUT2D eigenvalue weighted by Gasteiger charge is -2.31. The minimum atomic E-state index is -1.63. The molecule has 2 fully saturated rings. The van der Waals surface area contributed by atoms with E-state index in [0.717, 1.165) is 38.0 Å². The fraction of sp³-hybridized carbons (Fsp3) is 0.625. The van der Waals surface area contributed by atoms with Gasteiger partial charge in [-0.2, -0.15) is 4.39 Å². The van der Waals surface area contributed by atoms with Gasteiger partial charge in [-0.3, -0.25) is 4.90 Å². The lowest BCUT2D eigenvalue weighted by atomic mass is 9.89. The Kier molecular flexibility index (Phi) is 7.87. The van der Waals surface area contributed by atoms with Crippen molar-refractivity contribution in [3.05, 3.63) is 29.7 Å². The number of carboxylic acids is 1. The van der Waals surface area contributed by atoms with Crippen molar-refractivity contribution in [1.82, 2.24) is 9.88 Å². The number of hydrogen-bond acceptors (Lipinski definition) is 5. The smallest absolute Gasteiger partial charge is 0.416 e. The van der Waals surface area contributed by atoms with Crippen molar-refractivity contribution in [2.24, 2.45) is 5.92 Å².